The van der Waals surface area contributed by atoms with Crippen LogP contribution in [0.3, 0.4) is 0 Å². The van der Waals surface area contributed by atoms with Gasteiger partial charge in [-0.3, -0.25) is 9.88 Å². The fourth-order valence-electron chi connectivity index (χ4n) is 4.49. The smallest absolute Gasteiger partial charge is 0.138 e. The predicted molar refractivity (Wildman–Crippen MR) is 108 cm³/mol. The van der Waals surface area contributed by atoms with Gasteiger partial charge in [-0.1, -0.05) is 37.5 Å². The normalized spacial score (nSPS) is 17.9. The number of para-hydroxylation sites is 1. The maximum Gasteiger partial charge on any atom is 0.138 e. The Morgan fingerprint density at radius 1 is 1.00 bits per heavy atom. The summed E-state index contributed by atoms with van der Waals surface area (Å²) >= 11 is 0. The number of anilines is 2. The molecule has 1 saturated carbocycles. The Kier molecular flexibility index (Phi) is 4.46. The molecule has 0 bridgehead atoms. The van der Waals surface area contributed by atoms with Crippen LogP contribution in [0.4, 0.5) is 11.5 Å². The first-order valence-corrected chi connectivity index (χ1v) is 10.0. The SMILES string of the molecule is c1ccc2ncc(Nc3ncnc4c3CN(CC3CCCCC3)C4)cc2c1. The van der Waals surface area contributed by atoms with Crippen molar-refractivity contribution in [3.05, 3.63) is 54.1 Å². The lowest BCUT2D eigenvalue weighted by molar-refractivity contribution is 0.202. The van der Waals surface area contributed by atoms with Gasteiger partial charge in [-0.05, 0) is 30.9 Å². The first-order chi connectivity index (χ1) is 13.3. The molecule has 2 aliphatic rings. The molecular formula is C22H25N5. The van der Waals surface area contributed by atoms with Gasteiger partial charge in [-0.25, -0.2) is 9.97 Å². The van der Waals surface area contributed by atoms with Crippen molar-refractivity contribution in [1.82, 2.24) is 19.9 Å². The number of fused-ring (bicyclic) bond motifs is 2. The van der Waals surface area contributed by atoms with E-state index in [0.29, 0.717) is 0 Å². The molecule has 5 heteroatoms. The Balaban J connectivity index is 1.34. The molecule has 2 aromatic heterocycles. The van der Waals surface area contributed by atoms with E-state index in [0.717, 1.165) is 47.1 Å². The molecule has 1 aromatic carbocycles. The molecular weight excluding hydrogens is 334 g/mol. The van der Waals surface area contributed by atoms with Crippen molar-refractivity contribution in [2.45, 2.75) is 45.2 Å². The van der Waals surface area contributed by atoms with Gasteiger partial charge in [0.25, 0.3) is 0 Å². The number of aromatic nitrogens is 3. The molecule has 1 aliphatic heterocycles. The highest BCUT2D eigenvalue weighted by Gasteiger charge is 2.26. The van der Waals surface area contributed by atoms with Crippen LogP contribution in [0.5, 0.6) is 0 Å². The first kappa shape index (κ1) is 16.6. The van der Waals surface area contributed by atoms with Gasteiger partial charge in [-0.15, -0.1) is 0 Å². The summed E-state index contributed by atoms with van der Waals surface area (Å²) in [4.78, 5) is 16.2. The molecule has 0 amide bonds. The lowest BCUT2D eigenvalue weighted by Crippen LogP contribution is -2.26. The third-order valence-electron chi connectivity index (χ3n) is 5.88. The van der Waals surface area contributed by atoms with Crippen LogP contribution in [0, 0.1) is 5.92 Å². The molecule has 1 fully saturated rings. The molecule has 1 N–H and O–H groups in total. The molecule has 0 spiro atoms. The monoisotopic (exact) mass is 359 g/mol. The van der Waals surface area contributed by atoms with E-state index in [9.17, 15) is 0 Å². The molecule has 1 aliphatic carbocycles. The van der Waals surface area contributed by atoms with E-state index in [2.05, 4.69) is 37.3 Å². The lowest BCUT2D eigenvalue weighted by atomic mass is 9.89. The lowest BCUT2D eigenvalue weighted by Gasteiger charge is -2.26. The van der Waals surface area contributed by atoms with Crippen molar-refractivity contribution in [3.8, 4) is 0 Å². The summed E-state index contributed by atoms with van der Waals surface area (Å²) in [5.41, 5.74) is 4.38. The zero-order valence-electron chi connectivity index (χ0n) is 15.6. The number of hydrogen-bond acceptors (Lipinski definition) is 5. The summed E-state index contributed by atoms with van der Waals surface area (Å²) in [7, 11) is 0. The first-order valence-electron chi connectivity index (χ1n) is 10.0. The summed E-state index contributed by atoms with van der Waals surface area (Å²) in [6, 6.07) is 10.3. The molecule has 0 atom stereocenters. The molecule has 0 saturated heterocycles. The number of nitrogens with one attached hydrogen (secondary N) is 1. The quantitative estimate of drug-likeness (QED) is 0.734. The van der Waals surface area contributed by atoms with Crippen LogP contribution in [0.15, 0.2) is 42.9 Å². The van der Waals surface area contributed by atoms with Gasteiger partial charge in [0, 0.05) is 30.6 Å². The summed E-state index contributed by atoms with van der Waals surface area (Å²) in [5.74, 6) is 1.77. The average Bonchev–Trinajstić information content (AvgIpc) is 3.12. The Bertz CT molecular complexity index is 948. The van der Waals surface area contributed by atoms with E-state index in [1.54, 1.807) is 6.33 Å². The van der Waals surface area contributed by atoms with Crippen molar-refractivity contribution in [3.63, 3.8) is 0 Å². The van der Waals surface area contributed by atoms with Gasteiger partial charge in [0.05, 0.1) is 23.1 Å². The highest BCUT2D eigenvalue weighted by molar-refractivity contribution is 5.82. The maximum absolute atomic E-state index is 4.55. The van der Waals surface area contributed by atoms with E-state index in [4.69, 9.17) is 0 Å². The highest BCUT2D eigenvalue weighted by atomic mass is 15.2. The van der Waals surface area contributed by atoms with E-state index >= 15 is 0 Å². The van der Waals surface area contributed by atoms with E-state index < -0.39 is 0 Å². The molecule has 5 rings (SSSR count). The Labute approximate surface area is 159 Å². The zero-order valence-corrected chi connectivity index (χ0v) is 15.6. The molecule has 27 heavy (non-hydrogen) atoms. The molecule has 0 unspecified atom stereocenters. The maximum atomic E-state index is 4.55. The van der Waals surface area contributed by atoms with Crippen LogP contribution >= 0.6 is 0 Å². The van der Waals surface area contributed by atoms with Crippen LogP contribution < -0.4 is 5.32 Å². The van der Waals surface area contributed by atoms with Gasteiger partial charge in [-0.2, -0.15) is 0 Å². The van der Waals surface area contributed by atoms with Crippen LogP contribution in [0.25, 0.3) is 10.9 Å². The van der Waals surface area contributed by atoms with Gasteiger partial charge >= 0.3 is 0 Å². The van der Waals surface area contributed by atoms with Gasteiger partial charge in [0.2, 0.25) is 0 Å². The number of nitrogens with zero attached hydrogens (tertiary/aromatic N) is 4. The number of rotatable bonds is 4. The van der Waals surface area contributed by atoms with Crippen LogP contribution in [-0.2, 0) is 13.1 Å². The summed E-state index contributed by atoms with van der Waals surface area (Å²) in [6.45, 7) is 3.07. The number of benzene rings is 1. The average molecular weight is 359 g/mol. The third kappa shape index (κ3) is 3.52. The van der Waals surface area contributed by atoms with Crippen LogP contribution in [0.1, 0.15) is 43.4 Å². The van der Waals surface area contributed by atoms with Crippen molar-refractivity contribution in [2.24, 2.45) is 5.92 Å². The highest BCUT2D eigenvalue weighted by Crippen LogP contribution is 2.31. The van der Waals surface area contributed by atoms with Gasteiger partial charge < -0.3 is 5.32 Å². The summed E-state index contributed by atoms with van der Waals surface area (Å²) < 4.78 is 0. The van der Waals surface area contributed by atoms with Crippen LogP contribution in [-0.4, -0.2) is 26.4 Å². The molecule has 138 valence electrons. The molecule has 0 radical (unpaired) electrons. The van der Waals surface area contributed by atoms with Crippen LogP contribution in [0.2, 0.25) is 0 Å². The molecule has 3 aromatic rings. The predicted octanol–water partition coefficient (Wildman–Crippen LogP) is 4.66. The largest absolute Gasteiger partial charge is 0.339 e. The Morgan fingerprint density at radius 3 is 2.81 bits per heavy atom. The number of pyridine rings is 1. The minimum Gasteiger partial charge on any atom is -0.339 e. The fraction of sp³-hybridized carbons (Fsp3) is 0.409. The van der Waals surface area contributed by atoms with Crippen molar-refractivity contribution in [1.29, 1.82) is 0 Å². The summed E-state index contributed by atoms with van der Waals surface area (Å²) in [6.07, 6.45) is 10.5. The second-order valence-corrected chi connectivity index (χ2v) is 7.86. The second-order valence-electron chi connectivity index (χ2n) is 7.86. The van der Waals surface area contributed by atoms with E-state index in [1.165, 1.54) is 44.2 Å². The van der Waals surface area contributed by atoms with Gasteiger partial charge in [0.1, 0.15) is 12.1 Å². The minimum atomic E-state index is 0.849. The van der Waals surface area contributed by atoms with Crippen molar-refractivity contribution in [2.75, 3.05) is 11.9 Å². The van der Waals surface area contributed by atoms with Gasteiger partial charge in [0.15, 0.2) is 0 Å². The Morgan fingerprint density at radius 2 is 1.89 bits per heavy atom. The van der Waals surface area contributed by atoms with Crippen molar-refractivity contribution >= 4 is 22.4 Å². The van der Waals surface area contributed by atoms with E-state index in [-0.39, 0.29) is 0 Å². The number of hydrogen-bond donors (Lipinski definition) is 1. The Hall–Kier alpha value is -2.53. The standard InChI is InChI=1S/C22H25N5/c1-2-6-16(7-3-1)12-27-13-19-21(14-27)24-15-25-22(19)26-18-10-17-8-4-5-9-20(17)23-11-18/h4-5,8-11,15-16H,1-3,6-7,12-14H2,(H,24,25,26). The van der Waals surface area contributed by atoms with Crippen molar-refractivity contribution < 1.29 is 0 Å². The zero-order chi connectivity index (χ0) is 18.1. The topological polar surface area (TPSA) is 53.9 Å². The molecule has 5 nitrogen and oxygen atoms in total. The second kappa shape index (κ2) is 7.24. The molecule has 3 heterocycles. The third-order valence-corrected chi connectivity index (χ3v) is 5.88. The fourth-order valence-corrected chi connectivity index (χ4v) is 4.49. The summed E-state index contributed by atoms with van der Waals surface area (Å²) in [5, 5.41) is 4.61. The minimum absolute atomic E-state index is 0.849. The van der Waals surface area contributed by atoms with E-state index in [1.807, 2.05) is 24.4 Å².